The molecule has 3 rings (SSSR count). The standard InChI is InChI=1S/C16H16N4O2/c1-9-14(10(2)22-19-9)15-13(8-17)20(3)18-16(15)11-4-6-12(21)7-5-11/h4-8,17,21H,1-3H3. The highest BCUT2D eigenvalue weighted by molar-refractivity contribution is 5.95. The summed E-state index contributed by atoms with van der Waals surface area (Å²) in [7, 11) is 1.80. The topological polar surface area (TPSA) is 87.9 Å². The van der Waals surface area contributed by atoms with Crippen LogP contribution in [0.3, 0.4) is 0 Å². The molecule has 0 aliphatic rings. The van der Waals surface area contributed by atoms with E-state index in [2.05, 4.69) is 10.3 Å². The van der Waals surface area contributed by atoms with Gasteiger partial charge in [0.25, 0.3) is 0 Å². The summed E-state index contributed by atoms with van der Waals surface area (Å²) in [5, 5.41) is 25.7. The largest absolute Gasteiger partial charge is 0.508 e. The third-order valence-corrected chi connectivity index (χ3v) is 3.65. The zero-order valence-electron chi connectivity index (χ0n) is 12.6. The molecule has 3 aromatic rings. The lowest BCUT2D eigenvalue weighted by atomic mass is 9.98. The normalized spacial score (nSPS) is 10.9. The van der Waals surface area contributed by atoms with Gasteiger partial charge in [-0.25, -0.2) is 0 Å². The average Bonchev–Trinajstić information content (AvgIpc) is 2.99. The minimum absolute atomic E-state index is 0.200. The van der Waals surface area contributed by atoms with E-state index in [1.165, 1.54) is 6.21 Å². The van der Waals surface area contributed by atoms with Crippen LogP contribution in [0, 0.1) is 19.3 Å². The van der Waals surface area contributed by atoms with Gasteiger partial charge in [0.2, 0.25) is 0 Å². The summed E-state index contributed by atoms with van der Waals surface area (Å²) in [6.07, 6.45) is 1.28. The summed E-state index contributed by atoms with van der Waals surface area (Å²) in [6.45, 7) is 3.71. The molecule has 6 heteroatoms. The molecule has 6 nitrogen and oxygen atoms in total. The van der Waals surface area contributed by atoms with Crippen molar-refractivity contribution >= 4 is 6.21 Å². The van der Waals surface area contributed by atoms with Crippen molar-refractivity contribution in [3.8, 4) is 28.1 Å². The molecular weight excluding hydrogens is 280 g/mol. The van der Waals surface area contributed by atoms with Crippen molar-refractivity contribution in [1.82, 2.24) is 14.9 Å². The number of aromatic hydroxyl groups is 1. The molecule has 0 radical (unpaired) electrons. The van der Waals surface area contributed by atoms with Crippen molar-refractivity contribution in [2.45, 2.75) is 13.8 Å². The van der Waals surface area contributed by atoms with E-state index < -0.39 is 0 Å². The number of benzene rings is 1. The summed E-state index contributed by atoms with van der Waals surface area (Å²) in [4.78, 5) is 0. The molecular formula is C16H16N4O2. The summed E-state index contributed by atoms with van der Waals surface area (Å²) in [5.41, 5.74) is 4.70. The lowest BCUT2D eigenvalue weighted by molar-refractivity contribution is 0.393. The molecule has 0 atom stereocenters. The zero-order chi connectivity index (χ0) is 15.9. The molecule has 0 aliphatic heterocycles. The number of hydrogen-bond donors (Lipinski definition) is 2. The second-order valence-electron chi connectivity index (χ2n) is 5.12. The Morgan fingerprint density at radius 3 is 2.41 bits per heavy atom. The first-order valence-corrected chi connectivity index (χ1v) is 6.83. The number of nitrogens with zero attached hydrogens (tertiary/aromatic N) is 3. The van der Waals surface area contributed by atoms with Gasteiger partial charge in [-0.05, 0) is 38.1 Å². The number of phenols is 1. The van der Waals surface area contributed by atoms with Gasteiger partial charge in [-0.2, -0.15) is 5.10 Å². The molecule has 22 heavy (non-hydrogen) atoms. The lowest BCUT2D eigenvalue weighted by Gasteiger charge is -2.04. The molecule has 0 amide bonds. The molecule has 0 saturated heterocycles. The third-order valence-electron chi connectivity index (χ3n) is 3.65. The molecule has 0 saturated carbocycles. The smallest absolute Gasteiger partial charge is 0.141 e. The Morgan fingerprint density at radius 2 is 1.86 bits per heavy atom. The third kappa shape index (κ3) is 2.09. The highest BCUT2D eigenvalue weighted by Crippen LogP contribution is 2.37. The first-order valence-electron chi connectivity index (χ1n) is 6.83. The minimum Gasteiger partial charge on any atom is -0.508 e. The van der Waals surface area contributed by atoms with Crippen molar-refractivity contribution in [2.75, 3.05) is 0 Å². The van der Waals surface area contributed by atoms with Crippen molar-refractivity contribution in [3.05, 3.63) is 41.4 Å². The van der Waals surface area contributed by atoms with E-state index in [1.807, 2.05) is 13.8 Å². The zero-order valence-corrected chi connectivity index (χ0v) is 12.6. The van der Waals surface area contributed by atoms with Gasteiger partial charge in [0.1, 0.15) is 17.2 Å². The quantitative estimate of drug-likeness (QED) is 0.727. The predicted octanol–water partition coefficient (Wildman–Crippen LogP) is 3.06. The Labute approximate surface area is 127 Å². The van der Waals surface area contributed by atoms with Gasteiger partial charge < -0.3 is 15.0 Å². The maximum absolute atomic E-state index is 9.46. The van der Waals surface area contributed by atoms with E-state index in [-0.39, 0.29) is 5.75 Å². The first kappa shape index (κ1) is 14.1. The maximum atomic E-state index is 9.46. The fourth-order valence-corrected chi connectivity index (χ4v) is 2.61. The van der Waals surface area contributed by atoms with Gasteiger partial charge in [0.05, 0.1) is 17.0 Å². The van der Waals surface area contributed by atoms with E-state index in [4.69, 9.17) is 9.93 Å². The van der Waals surface area contributed by atoms with E-state index in [9.17, 15) is 5.11 Å². The number of rotatable bonds is 3. The summed E-state index contributed by atoms with van der Waals surface area (Å²) in [5.74, 6) is 0.888. The Kier molecular flexibility index (Phi) is 3.29. The molecule has 0 aliphatic carbocycles. The van der Waals surface area contributed by atoms with Crippen LogP contribution in [-0.4, -0.2) is 26.3 Å². The van der Waals surface area contributed by atoms with Crippen molar-refractivity contribution < 1.29 is 9.63 Å². The van der Waals surface area contributed by atoms with Crippen molar-refractivity contribution in [2.24, 2.45) is 7.05 Å². The van der Waals surface area contributed by atoms with Crippen LogP contribution < -0.4 is 0 Å². The van der Waals surface area contributed by atoms with Crippen LogP contribution in [-0.2, 0) is 7.05 Å². The molecule has 0 spiro atoms. The van der Waals surface area contributed by atoms with Crippen LogP contribution in [0.2, 0.25) is 0 Å². The fourth-order valence-electron chi connectivity index (χ4n) is 2.61. The molecule has 2 heterocycles. The molecule has 0 bridgehead atoms. The second-order valence-corrected chi connectivity index (χ2v) is 5.12. The Hall–Kier alpha value is -2.89. The van der Waals surface area contributed by atoms with Gasteiger partial charge in [-0.3, -0.25) is 4.68 Å². The maximum Gasteiger partial charge on any atom is 0.141 e. The number of aryl methyl sites for hydroxylation is 3. The van der Waals surface area contributed by atoms with Gasteiger partial charge in [0, 0.05) is 24.4 Å². The lowest BCUT2D eigenvalue weighted by Crippen LogP contribution is -1.97. The molecule has 2 N–H and O–H groups in total. The molecule has 0 unspecified atom stereocenters. The SMILES string of the molecule is Cc1noc(C)c1-c1c(-c2ccc(O)cc2)nn(C)c1C=N. The molecule has 112 valence electrons. The summed E-state index contributed by atoms with van der Waals surface area (Å²) < 4.78 is 6.93. The van der Waals surface area contributed by atoms with Crippen LogP contribution in [0.5, 0.6) is 5.75 Å². The molecule has 1 aromatic carbocycles. The van der Waals surface area contributed by atoms with Gasteiger partial charge in [0.15, 0.2) is 0 Å². The van der Waals surface area contributed by atoms with Gasteiger partial charge in [-0.1, -0.05) is 5.16 Å². The van der Waals surface area contributed by atoms with Gasteiger partial charge in [-0.15, -0.1) is 0 Å². The summed E-state index contributed by atoms with van der Waals surface area (Å²) in [6, 6.07) is 6.83. The van der Waals surface area contributed by atoms with E-state index in [0.29, 0.717) is 11.5 Å². The molecule has 2 aromatic heterocycles. The van der Waals surface area contributed by atoms with Crippen molar-refractivity contribution in [1.29, 1.82) is 5.41 Å². The van der Waals surface area contributed by atoms with E-state index >= 15 is 0 Å². The minimum atomic E-state index is 0.200. The number of aromatic nitrogens is 3. The second kappa shape index (κ2) is 5.14. The average molecular weight is 296 g/mol. The van der Waals surface area contributed by atoms with Crippen LogP contribution >= 0.6 is 0 Å². The van der Waals surface area contributed by atoms with Crippen LogP contribution in [0.25, 0.3) is 22.4 Å². The molecule has 0 fully saturated rings. The number of phenolic OH excluding ortho intramolecular Hbond substituents is 1. The van der Waals surface area contributed by atoms with Gasteiger partial charge >= 0.3 is 0 Å². The Morgan fingerprint density at radius 1 is 1.18 bits per heavy atom. The van der Waals surface area contributed by atoms with Crippen LogP contribution in [0.15, 0.2) is 28.8 Å². The predicted molar refractivity (Wildman–Crippen MR) is 83.2 cm³/mol. The highest BCUT2D eigenvalue weighted by atomic mass is 16.5. The van der Waals surface area contributed by atoms with Crippen LogP contribution in [0.4, 0.5) is 0 Å². The monoisotopic (exact) mass is 296 g/mol. The Bertz CT molecular complexity index is 824. The van der Waals surface area contributed by atoms with E-state index in [1.54, 1.807) is 36.0 Å². The Balaban J connectivity index is 2.33. The summed E-state index contributed by atoms with van der Waals surface area (Å²) >= 11 is 0. The fraction of sp³-hybridized carbons (Fsp3) is 0.188. The van der Waals surface area contributed by atoms with Crippen LogP contribution in [0.1, 0.15) is 17.1 Å². The first-order chi connectivity index (χ1) is 10.5. The van der Waals surface area contributed by atoms with Crippen molar-refractivity contribution in [3.63, 3.8) is 0 Å². The highest BCUT2D eigenvalue weighted by Gasteiger charge is 2.23. The number of hydrogen-bond acceptors (Lipinski definition) is 5. The van der Waals surface area contributed by atoms with E-state index in [0.717, 1.165) is 28.1 Å². The number of nitrogens with one attached hydrogen (secondary N) is 1.